The molecule has 0 saturated carbocycles. The first-order valence-electron chi connectivity index (χ1n) is 7.88. The maximum Gasteiger partial charge on any atom is 0.288 e. The van der Waals surface area contributed by atoms with E-state index in [0.717, 1.165) is 42.3 Å². The van der Waals surface area contributed by atoms with E-state index in [0.29, 0.717) is 12.8 Å². The molecule has 0 spiro atoms. The van der Waals surface area contributed by atoms with Crippen LogP contribution in [0.2, 0.25) is 0 Å². The molecule has 2 rings (SSSR count). The Morgan fingerprint density at radius 1 is 1.22 bits per heavy atom. The number of hydrogen-bond donors (Lipinski definition) is 1. The predicted octanol–water partition coefficient (Wildman–Crippen LogP) is 3.44. The van der Waals surface area contributed by atoms with E-state index in [1.807, 2.05) is 24.3 Å². The van der Waals surface area contributed by atoms with Crippen LogP contribution in [-0.4, -0.2) is 34.3 Å². The van der Waals surface area contributed by atoms with Crippen molar-refractivity contribution < 1.29 is 14.4 Å². The van der Waals surface area contributed by atoms with E-state index in [1.54, 1.807) is 0 Å². The number of unbranched alkanes of at least 4 members (excludes halogenated alkanes) is 2. The summed E-state index contributed by atoms with van der Waals surface area (Å²) in [5, 5.41) is 2.33. The lowest BCUT2D eigenvalue weighted by Gasteiger charge is -2.09. The van der Waals surface area contributed by atoms with E-state index in [-0.39, 0.29) is 22.3 Å². The molecule has 1 aromatic carbocycles. The van der Waals surface area contributed by atoms with Gasteiger partial charge in [-0.15, -0.1) is 0 Å². The average Bonchev–Trinajstić information content (AvgIpc) is 2.77. The number of amides is 3. The summed E-state index contributed by atoms with van der Waals surface area (Å²) in [6.07, 6.45) is 4.12. The zero-order valence-electron chi connectivity index (χ0n) is 13.5. The van der Waals surface area contributed by atoms with Crippen LogP contribution in [0.15, 0.2) is 24.3 Å². The summed E-state index contributed by atoms with van der Waals surface area (Å²) >= 11 is 1.07. The van der Waals surface area contributed by atoms with Crippen LogP contribution in [0.1, 0.15) is 38.2 Å². The SMILES string of the molecule is CCCCCC(=O)Nc1ccc(C[C@H]2SC(=O)N(C)C2=O)cc1. The first-order valence-corrected chi connectivity index (χ1v) is 8.76. The van der Waals surface area contributed by atoms with E-state index < -0.39 is 0 Å². The van der Waals surface area contributed by atoms with Crippen LogP contribution in [0.5, 0.6) is 0 Å². The highest BCUT2D eigenvalue weighted by molar-refractivity contribution is 8.15. The Morgan fingerprint density at radius 2 is 1.91 bits per heavy atom. The Bertz CT molecular complexity index is 586. The highest BCUT2D eigenvalue weighted by Crippen LogP contribution is 2.28. The van der Waals surface area contributed by atoms with Crippen molar-refractivity contribution in [2.75, 3.05) is 12.4 Å². The lowest BCUT2D eigenvalue weighted by atomic mass is 10.1. The second-order valence-electron chi connectivity index (χ2n) is 5.68. The number of rotatable bonds is 7. The molecule has 3 amide bonds. The molecule has 1 atom stereocenters. The molecule has 1 N–H and O–H groups in total. The fraction of sp³-hybridized carbons (Fsp3) is 0.471. The molecule has 1 saturated heterocycles. The van der Waals surface area contributed by atoms with E-state index in [4.69, 9.17) is 0 Å². The standard InChI is InChI=1S/C17H22N2O3S/c1-3-4-5-6-15(20)18-13-9-7-12(8-10-13)11-14-16(21)19(2)17(22)23-14/h7-10,14H,3-6,11H2,1-2H3,(H,18,20)/t14-/m1/s1. The van der Waals surface area contributed by atoms with Gasteiger partial charge in [0.2, 0.25) is 11.8 Å². The molecule has 0 radical (unpaired) electrons. The average molecular weight is 334 g/mol. The molecule has 1 fully saturated rings. The van der Waals surface area contributed by atoms with Crippen molar-refractivity contribution in [3.63, 3.8) is 0 Å². The van der Waals surface area contributed by atoms with Crippen LogP contribution < -0.4 is 5.32 Å². The zero-order chi connectivity index (χ0) is 16.8. The van der Waals surface area contributed by atoms with Crippen molar-refractivity contribution in [2.24, 2.45) is 0 Å². The second-order valence-corrected chi connectivity index (χ2v) is 6.83. The molecule has 6 heteroatoms. The summed E-state index contributed by atoms with van der Waals surface area (Å²) in [5.41, 5.74) is 1.73. The third kappa shape index (κ3) is 4.82. The van der Waals surface area contributed by atoms with Crippen LogP contribution in [0.3, 0.4) is 0 Å². The van der Waals surface area contributed by atoms with Gasteiger partial charge in [0.1, 0.15) is 0 Å². The molecule has 124 valence electrons. The monoisotopic (exact) mass is 334 g/mol. The fourth-order valence-electron chi connectivity index (χ4n) is 2.38. The topological polar surface area (TPSA) is 66.5 Å². The van der Waals surface area contributed by atoms with Gasteiger partial charge in [0, 0.05) is 19.2 Å². The molecule has 1 aromatic rings. The normalized spacial score (nSPS) is 17.7. The molecule has 1 aliphatic heterocycles. The zero-order valence-corrected chi connectivity index (χ0v) is 14.3. The molecule has 0 unspecified atom stereocenters. The van der Waals surface area contributed by atoms with Crippen molar-refractivity contribution in [1.82, 2.24) is 4.90 Å². The summed E-state index contributed by atoms with van der Waals surface area (Å²) in [4.78, 5) is 36.3. The first kappa shape index (κ1) is 17.5. The Balaban J connectivity index is 1.86. The maximum atomic E-state index is 11.9. The third-order valence-electron chi connectivity index (χ3n) is 3.79. The molecule has 0 bridgehead atoms. The minimum Gasteiger partial charge on any atom is -0.326 e. The summed E-state index contributed by atoms with van der Waals surface area (Å²) < 4.78 is 0. The fourth-order valence-corrected chi connectivity index (χ4v) is 3.41. The number of hydrogen-bond acceptors (Lipinski definition) is 4. The molecule has 1 heterocycles. The first-order chi connectivity index (χ1) is 11.0. The number of carbonyl (C=O) groups excluding carboxylic acids is 3. The number of carbonyl (C=O) groups is 3. The van der Waals surface area contributed by atoms with Gasteiger partial charge < -0.3 is 5.32 Å². The van der Waals surface area contributed by atoms with Crippen LogP contribution in [0, 0.1) is 0 Å². The van der Waals surface area contributed by atoms with Crippen molar-refractivity contribution in [1.29, 1.82) is 0 Å². The van der Waals surface area contributed by atoms with E-state index >= 15 is 0 Å². The van der Waals surface area contributed by atoms with Crippen LogP contribution in [0.4, 0.5) is 10.5 Å². The van der Waals surface area contributed by atoms with Crippen molar-refractivity contribution in [3.05, 3.63) is 29.8 Å². The van der Waals surface area contributed by atoms with Gasteiger partial charge in [0.25, 0.3) is 5.24 Å². The highest BCUT2D eigenvalue weighted by atomic mass is 32.2. The molecule has 1 aliphatic rings. The summed E-state index contributed by atoms with van der Waals surface area (Å²) in [7, 11) is 1.51. The van der Waals surface area contributed by atoms with Gasteiger partial charge in [-0.25, -0.2) is 0 Å². The van der Waals surface area contributed by atoms with Crippen molar-refractivity contribution >= 4 is 34.5 Å². The highest BCUT2D eigenvalue weighted by Gasteiger charge is 2.36. The van der Waals surface area contributed by atoms with E-state index in [2.05, 4.69) is 12.2 Å². The van der Waals surface area contributed by atoms with Crippen molar-refractivity contribution in [2.45, 2.75) is 44.3 Å². The van der Waals surface area contributed by atoms with Gasteiger partial charge in [0.15, 0.2) is 0 Å². The quantitative estimate of drug-likeness (QED) is 0.776. The lowest BCUT2D eigenvalue weighted by Crippen LogP contribution is -2.28. The summed E-state index contributed by atoms with van der Waals surface area (Å²) in [6, 6.07) is 7.45. The largest absolute Gasteiger partial charge is 0.326 e. The van der Waals surface area contributed by atoms with Crippen LogP contribution in [-0.2, 0) is 16.0 Å². The molecule has 0 aromatic heterocycles. The molecule has 0 aliphatic carbocycles. The van der Waals surface area contributed by atoms with Gasteiger partial charge in [-0.1, -0.05) is 43.7 Å². The Hall–Kier alpha value is -1.82. The molecule has 5 nitrogen and oxygen atoms in total. The minimum atomic E-state index is -0.345. The Labute approximate surface area is 140 Å². The summed E-state index contributed by atoms with van der Waals surface area (Å²) in [5.74, 6) is -0.117. The smallest absolute Gasteiger partial charge is 0.288 e. The number of nitrogens with one attached hydrogen (secondary N) is 1. The van der Waals surface area contributed by atoms with Crippen molar-refractivity contribution in [3.8, 4) is 0 Å². The van der Waals surface area contributed by atoms with Gasteiger partial charge in [0.05, 0.1) is 5.25 Å². The minimum absolute atomic E-state index is 0.0277. The molecule has 23 heavy (non-hydrogen) atoms. The van der Waals surface area contributed by atoms with Gasteiger partial charge in [-0.3, -0.25) is 19.3 Å². The molecular weight excluding hydrogens is 312 g/mol. The number of benzene rings is 1. The third-order valence-corrected chi connectivity index (χ3v) is 4.92. The Kier molecular flexibility index (Phi) is 6.21. The Morgan fingerprint density at radius 3 is 2.48 bits per heavy atom. The number of imide groups is 1. The predicted molar refractivity (Wildman–Crippen MR) is 92.5 cm³/mol. The number of thioether (sulfide) groups is 1. The van der Waals surface area contributed by atoms with Crippen LogP contribution in [0.25, 0.3) is 0 Å². The van der Waals surface area contributed by atoms with E-state index in [1.165, 1.54) is 11.9 Å². The van der Waals surface area contributed by atoms with E-state index in [9.17, 15) is 14.4 Å². The summed E-state index contributed by atoms with van der Waals surface area (Å²) in [6.45, 7) is 2.11. The second kappa shape index (κ2) is 8.15. The maximum absolute atomic E-state index is 11.9. The number of anilines is 1. The van der Waals surface area contributed by atoms with Gasteiger partial charge in [-0.05, 0) is 30.5 Å². The number of nitrogens with zero attached hydrogens (tertiary/aromatic N) is 1. The lowest BCUT2D eigenvalue weighted by molar-refractivity contribution is -0.125. The van der Waals surface area contributed by atoms with Crippen LogP contribution >= 0.6 is 11.8 Å². The van der Waals surface area contributed by atoms with Gasteiger partial charge >= 0.3 is 0 Å². The molecular formula is C17H22N2O3S. The van der Waals surface area contributed by atoms with Gasteiger partial charge in [-0.2, -0.15) is 0 Å².